The molecule has 0 saturated carbocycles. The second-order valence-electron chi connectivity index (χ2n) is 14.1. The van der Waals surface area contributed by atoms with Gasteiger partial charge in [-0.1, -0.05) is 152 Å². The largest absolute Gasteiger partial charge is 0.310 e. The van der Waals surface area contributed by atoms with E-state index in [9.17, 15) is 0 Å². The van der Waals surface area contributed by atoms with E-state index in [0.29, 0.717) is 0 Å². The van der Waals surface area contributed by atoms with Crippen LogP contribution in [-0.2, 0) is 0 Å². The molecule has 11 aromatic rings. The first kappa shape index (κ1) is 30.8. The van der Waals surface area contributed by atoms with Gasteiger partial charge in [-0.2, -0.15) is 0 Å². The van der Waals surface area contributed by atoms with Crippen LogP contribution in [0.2, 0.25) is 0 Å². The molecular formula is C52H33NS. The Hall–Kier alpha value is -6.74. The molecule has 0 aliphatic heterocycles. The first-order valence-electron chi connectivity index (χ1n) is 18.5. The van der Waals surface area contributed by atoms with Gasteiger partial charge in [-0.25, -0.2) is 0 Å². The summed E-state index contributed by atoms with van der Waals surface area (Å²) >= 11 is 1.86. The van der Waals surface area contributed by atoms with Crippen molar-refractivity contribution in [2.24, 2.45) is 0 Å². The van der Waals surface area contributed by atoms with Gasteiger partial charge in [0.2, 0.25) is 0 Å². The van der Waals surface area contributed by atoms with Gasteiger partial charge in [-0.3, -0.25) is 0 Å². The number of benzene rings is 10. The van der Waals surface area contributed by atoms with Crippen LogP contribution in [0.5, 0.6) is 0 Å². The third-order valence-corrected chi connectivity index (χ3v) is 12.2. The fourth-order valence-electron chi connectivity index (χ4n) is 8.44. The predicted molar refractivity (Wildman–Crippen MR) is 235 cm³/mol. The maximum Gasteiger partial charge on any atom is 0.0546 e. The lowest BCUT2D eigenvalue weighted by molar-refractivity contribution is 1.30. The molecule has 0 saturated heterocycles. The lowest BCUT2D eigenvalue weighted by Gasteiger charge is -2.28. The minimum atomic E-state index is 1.11. The highest BCUT2D eigenvalue weighted by atomic mass is 32.1. The number of thiophene rings is 1. The van der Waals surface area contributed by atoms with Crippen molar-refractivity contribution < 1.29 is 0 Å². The fourth-order valence-corrected chi connectivity index (χ4v) is 9.52. The number of anilines is 3. The molecule has 0 fully saturated rings. The zero-order valence-electron chi connectivity index (χ0n) is 29.4. The minimum Gasteiger partial charge on any atom is -0.310 e. The molecule has 1 aromatic heterocycles. The van der Waals surface area contributed by atoms with Crippen LogP contribution < -0.4 is 4.90 Å². The Morgan fingerprint density at radius 3 is 1.63 bits per heavy atom. The Bertz CT molecular complexity index is 3210. The minimum absolute atomic E-state index is 1.11. The third kappa shape index (κ3) is 4.99. The SMILES string of the molecule is c1ccc2c(c1)ccc1c(-c3ccc(N(c4ccc(-c5ccc6sc7ccccc7c6c5)cc4)c4cc5ccccc5c5ccccc45)cc3)cccc12. The van der Waals surface area contributed by atoms with E-state index < -0.39 is 0 Å². The first-order chi connectivity index (χ1) is 26.8. The smallest absolute Gasteiger partial charge is 0.0546 e. The standard InChI is InChI=1S/C52H33NS/c1-3-12-41-35(10-1)24-30-46-42(17-9-18-44(41)46)36-22-28-40(29-23-36)53(50-33-38-11-2-4-13-43(38)45-14-5-6-15-47(45)50)39-26-20-34(21-27-39)37-25-31-52-49(32-37)48-16-7-8-19-51(48)54-52/h1-33H. The topological polar surface area (TPSA) is 3.24 Å². The van der Waals surface area contributed by atoms with Gasteiger partial charge >= 0.3 is 0 Å². The molecule has 0 unspecified atom stereocenters. The highest BCUT2D eigenvalue weighted by Gasteiger charge is 2.18. The van der Waals surface area contributed by atoms with Crippen molar-refractivity contribution >= 4 is 91.7 Å². The molecule has 1 heterocycles. The molecule has 0 spiro atoms. The zero-order valence-corrected chi connectivity index (χ0v) is 30.2. The van der Waals surface area contributed by atoms with Gasteiger partial charge in [0.15, 0.2) is 0 Å². The maximum absolute atomic E-state index is 2.43. The summed E-state index contributed by atoms with van der Waals surface area (Å²) in [5.41, 5.74) is 8.27. The van der Waals surface area contributed by atoms with Crippen molar-refractivity contribution in [1.29, 1.82) is 0 Å². The Balaban J connectivity index is 1.06. The third-order valence-electron chi connectivity index (χ3n) is 11.0. The fraction of sp³-hybridized carbons (Fsp3) is 0. The van der Waals surface area contributed by atoms with Gasteiger partial charge < -0.3 is 4.90 Å². The van der Waals surface area contributed by atoms with Crippen molar-refractivity contribution in [2.45, 2.75) is 0 Å². The lowest BCUT2D eigenvalue weighted by Crippen LogP contribution is -2.10. The maximum atomic E-state index is 2.43. The first-order valence-corrected chi connectivity index (χ1v) is 19.3. The summed E-state index contributed by atoms with van der Waals surface area (Å²) in [5, 5.41) is 12.7. The van der Waals surface area contributed by atoms with Crippen LogP contribution in [0.4, 0.5) is 17.1 Å². The van der Waals surface area contributed by atoms with Crippen LogP contribution in [0.3, 0.4) is 0 Å². The molecule has 0 atom stereocenters. The number of fused-ring (bicyclic) bond motifs is 9. The van der Waals surface area contributed by atoms with Crippen LogP contribution >= 0.6 is 11.3 Å². The monoisotopic (exact) mass is 703 g/mol. The summed E-state index contributed by atoms with van der Waals surface area (Å²) in [4.78, 5) is 2.43. The van der Waals surface area contributed by atoms with Crippen LogP contribution in [-0.4, -0.2) is 0 Å². The lowest BCUT2D eigenvalue weighted by atomic mass is 9.94. The summed E-state index contributed by atoms with van der Waals surface area (Å²) < 4.78 is 2.66. The van der Waals surface area contributed by atoms with Gasteiger partial charge in [-0.05, 0) is 108 Å². The molecule has 0 bridgehead atoms. The van der Waals surface area contributed by atoms with Gasteiger partial charge in [0.1, 0.15) is 0 Å². The molecular weight excluding hydrogens is 671 g/mol. The highest BCUT2D eigenvalue weighted by molar-refractivity contribution is 7.25. The zero-order chi connectivity index (χ0) is 35.6. The van der Waals surface area contributed by atoms with Crippen LogP contribution in [0.15, 0.2) is 200 Å². The van der Waals surface area contributed by atoms with E-state index in [1.165, 1.54) is 85.5 Å². The van der Waals surface area contributed by atoms with E-state index in [2.05, 4.69) is 205 Å². The van der Waals surface area contributed by atoms with Crippen molar-refractivity contribution in [2.75, 3.05) is 4.90 Å². The molecule has 252 valence electrons. The molecule has 54 heavy (non-hydrogen) atoms. The molecule has 0 amide bonds. The van der Waals surface area contributed by atoms with E-state index in [0.717, 1.165) is 17.1 Å². The Kier molecular flexibility index (Phi) is 7.11. The van der Waals surface area contributed by atoms with Gasteiger partial charge in [0.25, 0.3) is 0 Å². The van der Waals surface area contributed by atoms with Gasteiger partial charge in [0.05, 0.1) is 5.69 Å². The average Bonchev–Trinajstić information content (AvgIpc) is 3.62. The van der Waals surface area contributed by atoms with Crippen LogP contribution in [0, 0.1) is 0 Å². The normalized spacial score (nSPS) is 11.7. The Morgan fingerprint density at radius 1 is 0.296 bits per heavy atom. The van der Waals surface area contributed by atoms with E-state index in [4.69, 9.17) is 0 Å². The van der Waals surface area contributed by atoms with Crippen molar-refractivity contribution in [3.63, 3.8) is 0 Å². The summed E-state index contributed by atoms with van der Waals surface area (Å²) in [7, 11) is 0. The van der Waals surface area contributed by atoms with E-state index in [-0.39, 0.29) is 0 Å². The van der Waals surface area contributed by atoms with E-state index in [1.54, 1.807) is 0 Å². The highest BCUT2D eigenvalue weighted by Crippen LogP contribution is 2.44. The molecule has 2 heteroatoms. The summed E-state index contributed by atoms with van der Waals surface area (Å²) in [6.45, 7) is 0. The number of nitrogens with zero attached hydrogens (tertiary/aromatic N) is 1. The summed E-state index contributed by atoms with van der Waals surface area (Å²) in [5.74, 6) is 0. The molecule has 0 radical (unpaired) electrons. The number of hydrogen-bond donors (Lipinski definition) is 0. The van der Waals surface area contributed by atoms with Crippen LogP contribution in [0.25, 0.3) is 85.5 Å². The van der Waals surface area contributed by atoms with E-state index in [1.807, 2.05) is 11.3 Å². The number of hydrogen-bond acceptors (Lipinski definition) is 2. The molecule has 0 aliphatic carbocycles. The van der Waals surface area contributed by atoms with Crippen LogP contribution in [0.1, 0.15) is 0 Å². The summed E-state index contributed by atoms with van der Waals surface area (Å²) in [6, 6.07) is 73.6. The average molecular weight is 704 g/mol. The Labute approximate surface area is 317 Å². The predicted octanol–water partition coefficient (Wildman–Crippen LogP) is 15.5. The summed E-state index contributed by atoms with van der Waals surface area (Å²) in [6.07, 6.45) is 0. The van der Waals surface area contributed by atoms with Crippen molar-refractivity contribution in [1.82, 2.24) is 0 Å². The number of rotatable bonds is 5. The molecule has 10 aromatic carbocycles. The molecule has 0 N–H and O–H groups in total. The molecule has 11 rings (SSSR count). The Morgan fingerprint density at radius 2 is 0.852 bits per heavy atom. The van der Waals surface area contributed by atoms with Crippen molar-refractivity contribution in [3.8, 4) is 22.3 Å². The van der Waals surface area contributed by atoms with Crippen molar-refractivity contribution in [3.05, 3.63) is 200 Å². The second kappa shape index (κ2) is 12.4. The van der Waals surface area contributed by atoms with E-state index >= 15 is 0 Å². The van der Waals surface area contributed by atoms with Gasteiger partial charge in [0, 0.05) is 36.9 Å². The van der Waals surface area contributed by atoms with Gasteiger partial charge in [-0.15, -0.1) is 11.3 Å². The molecule has 1 nitrogen and oxygen atoms in total. The quantitative estimate of drug-likeness (QED) is 0.161. The molecule has 0 aliphatic rings. The second-order valence-corrected chi connectivity index (χ2v) is 15.2.